The Morgan fingerprint density at radius 1 is 1.19 bits per heavy atom. The number of likely N-dealkylation sites (tertiary alicyclic amines) is 1. The molecule has 1 amide bonds. The standard InChI is InChI=1S/C20H19N3O4/c1-12-7-8-18(27-12)16-9-17(22-21-16)19(24)23-10-14(15(11-23)20(25)26)13-5-3-2-4-6-13/h2-9,14-15H,10-11H2,1H3,(H,21,22)(H,25,26)/t14-,15-/m0/s1. The highest BCUT2D eigenvalue weighted by Gasteiger charge is 2.41. The Kier molecular flexibility index (Phi) is 4.27. The number of aromatic amines is 1. The van der Waals surface area contributed by atoms with E-state index in [4.69, 9.17) is 4.42 Å². The Balaban J connectivity index is 1.56. The average Bonchev–Trinajstić information content (AvgIpc) is 3.40. The molecule has 3 aromatic rings. The number of hydrogen-bond donors (Lipinski definition) is 2. The van der Waals surface area contributed by atoms with Crippen molar-refractivity contribution in [3.05, 3.63) is 65.5 Å². The Hall–Kier alpha value is -3.35. The first-order valence-corrected chi connectivity index (χ1v) is 8.72. The highest BCUT2D eigenvalue weighted by atomic mass is 16.4. The molecule has 0 spiro atoms. The molecular weight excluding hydrogens is 346 g/mol. The minimum atomic E-state index is -0.895. The molecule has 138 valence electrons. The summed E-state index contributed by atoms with van der Waals surface area (Å²) in [6.07, 6.45) is 0. The van der Waals surface area contributed by atoms with E-state index in [1.807, 2.05) is 43.3 Å². The van der Waals surface area contributed by atoms with Crippen molar-refractivity contribution >= 4 is 11.9 Å². The van der Waals surface area contributed by atoms with Gasteiger partial charge in [0.1, 0.15) is 11.5 Å². The van der Waals surface area contributed by atoms with E-state index in [2.05, 4.69) is 10.2 Å². The molecule has 0 saturated carbocycles. The molecule has 4 rings (SSSR count). The van der Waals surface area contributed by atoms with Gasteiger partial charge in [-0.2, -0.15) is 5.10 Å². The third-order valence-corrected chi connectivity index (χ3v) is 4.95. The monoisotopic (exact) mass is 365 g/mol. The minimum absolute atomic E-state index is 0.162. The highest BCUT2D eigenvalue weighted by molar-refractivity contribution is 5.94. The van der Waals surface area contributed by atoms with Gasteiger partial charge in [-0.15, -0.1) is 0 Å². The number of carbonyl (C=O) groups excluding carboxylic acids is 1. The molecule has 2 N–H and O–H groups in total. The first-order valence-electron chi connectivity index (χ1n) is 8.72. The second-order valence-corrected chi connectivity index (χ2v) is 6.75. The maximum absolute atomic E-state index is 12.9. The van der Waals surface area contributed by atoms with Crippen LogP contribution in [0.5, 0.6) is 0 Å². The van der Waals surface area contributed by atoms with Gasteiger partial charge >= 0.3 is 5.97 Å². The number of aromatic nitrogens is 2. The Labute approximate surface area is 155 Å². The molecule has 2 aromatic heterocycles. The highest BCUT2D eigenvalue weighted by Crippen LogP contribution is 2.33. The van der Waals surface area contributed by atoms with Crippen LogP contribution in [0.1, 0.15) is 27.7 Å². The molecule has 27 heavy (non-hydrogen) atoms. The summed E-state index contributed by atoms with van der Waals surface area (Å²) < 4.78 is 5.54. The SMILES string of the molecule is Cc1ccc(-c2cc(C(=O)N3C[C@H](C(=O)O)[C@H](c4ccccc4)C3)n[nH]2)o1. The molecule has 1 saturated heterocycles. The summed E-state index contributed by atoms with van der Waals surface area (Å²) in [5.41, 5.74) is 1.78. The topological polar surface area (TPSA) is 99.4 Å². The minimum Gasteiger partial charge on any atom is -0.481 e. The van der Waals surface area contributed by atoms with E-state index in [0.29, 0.717) is 18.0 Å². The van der Waals surface area contributed by atoms with Gasteiger partial charge in [0.2, 0.25) is 0 Å². The lowest BCUT2D eigenvalue weighted by molar-refractivity contribution is -0.141. The van der Waals surface area contributed by atoms with Gasteiger partial charge in [0.15, 0.2) is 11.5 Å². The molecule has 0 aliphatic carbocycles. The molecule has 0 bridgehead atoms. The summed E-state index contributed by atoms with van der Waals surface area (Å²) in [5, 5.41) is 16.5. The van der Waals surface area contributed by atoms with Gasteiger partial charge in [-0.25, -0.2) is 0 Å². The van der Waals surface area contributed by atoms with E-state index < -0.39 is 11.9 Å². The van der Waals surface area contributed by atoms with E-state index in [-0.39, 0.29) is 24.1 Å². The molecular formula is C20H19N3O4. The van der Waals surface area contributed by atoms with Crippen LogP contribution in [0.2, 0.25) is 0 Å². The first kappa shape index (κ1) is 17.1. The lowest BCUT2D eigenvalue weighted by Crippen LogP contribution is -2.30. The van der Waals surface area contributed by atoms with Crippen molar-refractivity contribution in [1.82, 2.24) is 15.1 Å². The van der Waals surface area contributed by atoms with Gasteiger partial charge in [-0.05, 0) is 24.6 Å². The van der Waals surface area contributed by atoms with Crippen LogP contribution in [0.15, 0.2) is 52.9 Å². The number of carbonyl (C=O) groups is 2. The largest absolute Gasteiger partial charge is 0.481 e. The fourth-order valence-corrected chi connectivity index (χ4v) is 3.56. The van der Waals surface area contributed by atoms with Gasteiger partial charge in [0, 0.05) is 25.1 Å². The molecule has 1 aromatic carbocycles. The molecule has 0 unspecified atom stereocenters. The lowest BCUT2D eigenvalue weighted by Gasteiger charge is -2.15. The number of carboxylic acids is 1. The van der Waals surface area contributed by atoms with E-state index in [9.17, 15) is 14.7 Å². The zero-order valence-corrected chi connectivity index (χ0v) is 14.8. The molecule has 1 aliphatic heterocycles. The van der Waals surface area contributed by atoms with Gasteiger partial charge < -0.3 is 14.4 Å². The van der Waals surface area contributed by atoms with Crippen molar-refractivity contribution in [2.75, 3.05) is 13.1 Å². The Morgan fingerprint density at radius 2 is 1.96 bits per heavy atom. The fraction of sp³-hybridized carbons (Fsp3) is 0.250. The maximum Gasteiger partial charge on any atom is 0.308 e. The van der Waals surface area contributed by atoms with Crippen LogP contribution >= 0.6 is 0 Å². The Morgan fingerprint density at radius 3 is 2.63 bits per heavy atom. The number of nitrogens with zero attached hydrogens (tertiary/aromatic N) is 2. The quantitative estimate of drug-likeness (QED) is 0.740. The van der Waals surface area contributed by atoms with Gasteiger partial charge in [-0.1, -0.05) is 30.3 Å². The summed E-state index contributed by atoms with van der Waals surface area (Å²) >= 11 is 0. The number of furan rings is 1. The number of hydrogen-bond acceptors (Lipinski definition) is 4. The number of aryl methyl sites for hydroxylation is 1. The number of nitrogens with one attached hydrogen (secondary N) is 1. The normalized spacial score (nSPS) is 19.4. The summed E-state index contributed by atoms with van der Waals surface area (Å²) in [5.74, 6) is -0.687. The molecule has 7 nitrogen and oxygen atoms in total. The van der Waals surface area contributed by atoms with Crippen LogP contribution in [0.3, 0.4) is 0 Å². The van der Waals surface area contributed by atoms with Crippen LogP contribution in [0.4, 0.5) is 0 Å². The summed E-state index contributed by atoms with van der Waals surface area (Å²) in [4.78, 5) is 26.1. The molecule has 3 heterocycles. The van der Waals surface area contributed by atoms with Crippen molar-refractivity contribution in [3.63, 3.8) is 0 Å². The summed E-state index contributed by atoms with van der Waals surface area (Å²) in [7, 11) is 0. The molecule has 2 atom stereocenters. The second-order valence-electron chi connectivity index (χ2n) is 6.75. The van der Waals surface area contributed by atoms with E-state index in [0.717, 1.165) is 11.3 Å². The average molecular weight is 365 g/mol. The second kappa shape index (κ2) is 6.75. The number of H-pyrrole nitrogens is 1. The third kappa shape index (κ3) is 3.23. The van der Waals surface area contributed by atoms with Gasteiger partial charge in [0.05, 0.1) is 5.92 Å². The Bertz CT molecular complexity index is 976. The summed E-state index contributed by atoms with van der Waals surface area (Å²) in [6, 6.07) is 14.7. The molecule has 7 heteroatoms. The first-order chi connectivity index (χ1) is 13.0. The summed E-state index contributed by atoms with van der Waals surface area (Å²) in [6.45, 7) is 2.35. The molecule has 0 radical (unpaired) electrons. The zero-order valence-electron chi connectivity index (χ0n) is 14.8. The number of benzene rings is 1. The number of amides is 1. The smallest absolute Gasteiger partial charge is 0.308 e. The van der Waals surface area contributed by atoms with E-state index in [1.54, 1.807) is 17.0 Å². The number of aliphatic carboxylic acids is 1. The fourth-order valence-electron chi connectivity index (χ4n) is 3.56. The predicted molar refractivity (Wildman–Crippen MR) is 97.2 cm³/mol. The van der Waals surface area contributed by atoms with Crippen LogP contribution in [-0.4, -0.2) is 45.2 Å². The molecule has 1 aliphatic rings. The van der Waals surface area contributed by atoms with Gasteiger partial charge in [0.25, 0.3) is 5.91 Å². The van der Waals surface area contributed by atoms with Crippen molar-refractivity contribution in [2.24, 2.45) is 5.92 Å². The lowest BCUT2D eigenvalue weighted by atomic mass is 9.89. The number of carboxylic acid groups (broad SMARTS) is 1. The van der Waals surface area contributed by atoms with Crippen molar-refractivity contribution in [3.8, 4) is 11.5 Å². The van der Waals surface area contributed by atoms with Crippen LogP contribution in [-0.2, 0) is 4.79 Å². The third-order valence-electron chi connectivity index (χ3n) is 4.95. The maximum atomic E-state index is 12.9. The van der Waals surface area contributed by atoms with Crippen molar-refractivity contribution in [1.29, 1.82) is 0 Å². The van der Waals surface area contributed by atoms with Gasteiger partial charge in [-0.3, -0.25) is 14.7 Å². The zero-order chi connectivity index (χ0) is 19.0. The molecule has 1 fully saturated rings. The number of rotatable bonds is 4. The van der Waals surface area contributed by atoms with E-state index in [1.165, 1.54) is 0 Å². The van der Waals surface area contributed by atoms with E-state index >= 15 is 0 Å². The van der Waals surface area contributed by atoms with Crippen molar-refractivity contribution in [2.45, 2.75) is 12.8 Å². The van der Waals surface area contributed by atoms with Crippen LogP contribution < -0.4 is 0 Å². The van der Waals surface area contributed by atoms with Crippen LogP contribution in [0.25, 0.3) is 11.5 Å². The predicted octanol–water partition coefficient (Wildman–Crippen LogP) is 2.92. The van der Waals surface area contributed by atoms with Crippen LogP contribution in [0, 0.1) is 12.8 Å². The van der Waals surface area contributed by atoms with Crippen molar-refractivity contribution < 1.29 is 19.1 Å².